The quantitative estimate of drug-likeness (QED) is 0.820. The predicted octanol–water partition coefficient (Wildman–Crippen LogP) is 2.26. The van der Waals surface area contributed by atoms with Gasteiger partial charge in [0.25, 0.3) is 0 Å². The number of aryl methyl sites for hydroxylation is 1. The average Bonchev–Trinajstić information content (AvgIpc) is 2.62. The fourth-order valence-corrected chi connectivity index (χ4v) is 1.94. The Hall–Kier alpha value is -2.30. The molecular weight excluding hydrogens is 222 g/mol. The van der Waals surface area contributed by atoms with Crippen molar-refractivity contribution in [1.82, 2.24) is 4.57 Å². The number of para-hydroxylation sites is 1. The van der Waals surface area contributed by atoms with Crippen LogP contribution in [0.4, 0.5) is 4.79 Å². The Labute approximate surface area is 97.2 Å². The van der Waals surface area contributed by atoms with E-state index in [9.17, 15) is 9.59 Å². The highest BCUT2D eigenvalue weighted by atomic mass is 16.5. The van der Waals surface area contributed by atoms with Crippen LogP contribution in [0, 0.1) is 6.92 Å². The molecule has 1 N–H and O–H groups in total. The van der Waals surface area contributed by atoms with Crippen LogP contribution in [0.5, 0.6) is 0 Å². The third-order valence-corrected chi connectivity index (χ3v) is 2.69. The molecule has 0 fully saturated rings. The molecule has 88 valence electrons. The summed E-state index contributed by atoms with van der Waals surface area (Å²) in [5, 5.41) is 9.90. The molecule has 0 aliphatic carbocycles. The minimum atomic E-state index is -1.15. The summed E-state index contributed by atoms with van der Waals surface area (Å²) in [4.78, 5) is 22.8. The van der Waals surface area contributed by atoms with Crippen LogP contribution in [0.1, 0.15) is 16.1 Å². The minimum absolute atomic E-state index is 0.0574. The van der Waals surface area contributed by atoms with Crippen LogP contribution in [-0.2, 0) is 4.74 Å². The van der Waals surface area contributed by atoms with Crippen molar-refractivity contribution in [2.75, 3.05) is 7.11 Å². The molecule has 1 aromatic carbocycles. The Balaban J connectivity index is 2.90. The van der Waals surface area contributed by atoms with Gasteiger partial charge in [-0.15, -0.1) is 0 Å². The second-order valence-electron chi connectivity index (χ2n) is 3.60. The van der Waals surface area contributed by atoms with Crippen molar-refractivity contribution in [3.05, 3.63) is 35.5 Å². The molecule has 5 heteroatoms. The first-order chi connectivity index (χ1) is 8.07. The maximum absolute atomic E-state index is 11.6. The molecule has 1 heterocycles. The largest absolute Gasteiger partial charge is 0.477 e. The van der Waals surface area contributed by atoms with Crippen LogP contribution in [-0.4, -0.2) is 28.8 Å². The van der Waals surface area contributed by atoms with Crippen molar-refractivity contribution in [1.29, 1.82) is 0 Å². The van der Waals surface area contributed by atoms with E-state index in [-0.39, 0.29) is 5.69 Å². The first-order valence-electron chi connectivity index (χ1n) is 4.99. The van der Waals surface area contributed by atoms with Crippen LogP contribution < -0.4 is 0 Å². The number of aromatic carboxylic acids is 1. The molecule has 2 aromatic rings. The zero-order chi connectivity index (χ0) is 12.6. The van der Waals surface area contributed by atoms with E-state index < -0.39 is 12.1 Å². The molecule has 0 unspecified atom stereocenters. The second kappa shape index (κ2) is 3.93. The summed E-state index contributed by atoms with van der Waals surface area (Å²) < 4.78 is 5.69. The van der Waals surface area contributed by atoms with Crippen LogP contribution in [0.25, 0.3) is 10.9 Å². The van der Waals surface area contributed by atoms with Crippen molar-refractivity contribution >= 4 is 23.0 Å². The minimum Gasteiger partial charge on any atom is -0.477 e. The number of hydrogen-bond acceptors (Lipinski definition) is 3. The molecule has 1 aromatic heterocycles. The molecule has 0 amide bonds. The monoisotopic (exact) mass is 233 g/mol. The van der Waals surface area contributed by atoms with E-state index in [1.807, 2.05) is 0 Å². The standard InChI is InChI=1S/C12H11NO4/c1-7-8-5-3-4-6-9(8)13(12(16)17-2)10(7)11(14)15/h3-6H,1-2H3,(H,14,15). The molecule has 0 saturated heterocycles. The van der Waals surface area contributed by atoms with Gasteiger partial charge in [0.05, 0.1) is 12.6 Å². The number of nitrogens with zero attached hydrogens (tertiary/aromatic N) is 1. The number of aromatic nitrogens is 1. The Kier molecular flexibility index (Phi) is 2.59. The van der Waals surface area contributed by atoms with E-state index in [0.29, 0.717) is 11.1 Å². The number of methoxy groups -OCH3 is 1. The number of rotatable bonds is 1. The average molecular weight is 233 g/mol. The Morgan fingerprint density at radius 1 is 1.29 bits per heavy atom. The molecule has 0 spiro atoms. The van der Waals surface area contributed by atoms with Gasteiger partial charge < -0.3 is 9.84 Å². The molecule has 0 aliphatic rings. The number of carboxylic acid groups (broad SMARTS) is 1. The molecule has 0 aliphatic heterocycles. The lowest BCUT2D eigenvalue weighted by Crippen LogP contribution is -2.17. The summed E-state index contributed by atoms with van der Waals surface area (Å²) in [6.07, 6.45) is -0.702. The van der Waals surface area contributed by atoms with Gasteiger partial charge in [-0.25, -0.2) is 14.2 Å². The van der Waals surface area contributed by atoms with Crippen molar-refractivity contribution in [3.63, 3.8) is 0 Å². The van der Waals surface area contributed by atoms with Crippen LogP contribution in [0.2, 0.25) is 0 Å². The summed E-state index contributed by atoms with van der Waals surface area (Å²) in [7, 11) is 1.22. The molecule has 0 atom stereocenters. The van der Waals surface area contributed by atoms with Crippen molar-refractivity contribution < 1.29 is 19.4 Å². The molecule has 0 bridgehead atoms. The molecular formula is C12H11NO4. The van der Waals surface area contributed by atoms with Crippen molar-refractivity contribution in [2.24, 2.45) is 0 Å². The molecule has 17 heavy (non-hydrogen) atoms. The highest BCUT2D eigenvalue weighted by Gasteiger charge is 2.23. The second-order valence-corrected chi connectivity index (χ2v) is 3.60. The number of carboxylic acids is 1. The summed E-state index contributed by atoms with van der Waals surface area (Å²) >= 11 is 0. The third kappa shape index (κ3) is 1.56. The fraction of sp³-hybridized carbons (Fsp3) is 0.167. The first kappa shape index (κ1) is 11.2. The first-order valence-corrected chi connectivity index (χ1v) is 4.99. The maximum Gasteiger partial charge on any atom is 0.418 e. The Morgan fingerprint density at radius 3 is 2.53 bits per heavy atom. The summed E-state index contributed by atoms with van der Waals surface area (Å²) in [5.74, 6) is -1.15. The number of carbonyl (C=O) groups is 2. The Morgan fingerprint density at radius 2 is 1.94 bits per heavy atom. The lowest BCUT2D eigenvalue weighted by Gasteiger charge is -2.04. The van der Waals surface area contributed by atoms with Gasteiger partial charge in [-0.2, -0.15) is 0 Å². The highest BCUT2D eigenvalue weighted by Crippen LogP contribution is 2.25. The Bertz CT molecular complexity index is 612. The number of ether oxygens (including phenoxy) is 1. The van der Waals surface area contributed by atoms with E-state index in [1.54, 1.807) is 31.2 Å². The van der Waals surface area contributed by atoms with Gasteiger partial charge in [-0.3, -0.25) is 0 Å². The SMILES string of the molecule is COC(=O)n1c(C(=O)O)c(C)c2ccccc21. The van der Waals surface area contributed by atoms with Gasteiger partial charge in [0.1, 0.15) is 5.69 Å². The lowest BCUT2D eigenvalue weighted by molar-refractivity contribution is 0.0683. The van der Waals surface area contributed by atoms with E-state index in [1.165, 1.54) is 7.11 Å². The maximum atomic E-state index is 11.6. The third-order valence-electron chi connectivity index (χ3n) is 2.69. The van der Waals surface area contributed by atoms with Gasteiger partial charge in [0.15, 0.2) is 0 Å². The topological polar surface area (TPSA) is 68.5 Å². The fourth-order valence-electron chi connectivity index (χ4n) is 1.94. The smallest absolute Gasteiger partial charge is 0.418 e. The van der Waals surface area contributed by atoms with E-state index in [2.05, 4.69) is 4.74 Å². The number of carbonyl (C=O) groups excluding carboxylic acids is 1. The van der Waals surface area contributed by atoms with E-state index in [0.717, 1.165) is 9.95 Å². The van der Waals surface area contributed by atoms with Gasteiger partial charge in [-0.1, -0.05) is 18.2 Å². The highest BCUT2D eigenvalue weighted by molar-refractivity contribution is 6.03. The predicted molar refractivity (Wildman–Crippen MR) is 61.4 cm³/mol. The van der Waals surface area contributed by atoms with Gasteiger partial charge in [0, 0.05) is 5.39 Å². The summed E-state index contributed by atoms with van der Waals surface area (Å²) in [6.45, 7) is 1.67. The zero-order valence-electron chi connectivity index (χ0n) is 9.43. The van der Waals surface area contributed by atoms with Crippen LogP contribution in [0.3, 0.4) is 0 Å². The van der Waals surface area contributed by atoms with E-state index in [4.69, 9.17) is 5.11 Å². The molecule has 5 nitrogen and oxygen atoms in total. The number of hydrogen-bond donors (Lipinski definition) is 1. The number of fused-ring (bicyclic) bond motifs is 1. The van der Waals surface area contributed by atoms with Crippen molar-refractivity contribution in [3.8, 4) is 0 Å². The summed E-state index contributed by atoms with van der Waals surface area (Å²) in [6, 6.07) is 7.00. The molecule has 0 radical (unpaired) electrons. The zero-order valence-corrected chi connectivity index (χ0v) is 9.43. The van der Waals surface area contributed by atoms with E-state index >= 15 is 0 Å². The van der Waals surface area contributed by atoms with Crippen LogP contribution >= 0.6 is 0 Å². The van der Waals surface area contributed by atoms with Crippen LogP contribution in [0.15, 0.2) is 24.3 Å². The van der Waals surface area contributed by atoms with Gasteiger partial charge in [-0.05, 0) is 18.6 Å². The molecule has 0 saturated carbocycles. The lowest BCUT2D eigenvalue weighted by atomic mass is 10.1. The number of benzene rings is 1. The summed E-state index contributed by atoms with van der Waals surface area (Å²) in [5.41, 5.74) is 1.03. The van der Waals surface area contributed by atoms with Crippen molar-refractivity contribution in [2.45, 2.75) is 6.92 Å². The normalized spacial score (nSPS) is 10.5. The van der Waals surface area contributed by atoms with Gasteiger partial charge >= 0.3 is 12.1 Å². The van der Waals surface area contributed by atoms with Gasteiger partial charge in [0.2, 0.25) is 0 Å². The molecule has 2 rings (SSSR count).